The van der Waals surface area contributed by atoms with Crippen LogP contribution in [0, 0.1) is 6.92 Å². The summed E-state index contributed by atoms with van der Waals surface area (Å²) in [5.74, 6) is -1.26. The van der Waals surface area contributed by atoms with Gasteiger partial charge in [-0.25, -0.2) is 4.98 Å². The fourth-order valence-corrected chi connectivity index (χ4v) is 3.38. The number of aliphatic hydroxyl groups excluding tert-OH is 1. The Hall–Kier alpha value is -3.73. The lowest BCUT2D eigenvalue weighted by molar-refractivity contribution is -0.132. The Morgan fingerprint density at radius 1 is 0.929 bits per heavy atom. The van der Waals surface area contributed by atoms with Gasteiger partial charge in [0.1, 0.15) is 11.6 Å². The van der Waals surface area contributed by atoms with Crippen LogP contribution in [0.2, 0.25) is 0 Å². The number of Topliss-reactive ketones (excluding diaryl/α,β-unsaturated/α-hetero) is 1. The second kappa shape index (κ2) is 7.12. The lowest BCUT2D eigenvalue weighted by Crippen LogP contribution is -2.30. The Morgan fingerprint density at radius 2 is 1.61 bits per heavy atom. The Bertz CT molecular complexity index is 1060. The molecular formula is C23H18N2O3. The highest BCUT2D eigenvalue weighted by molar-refractivity contribution is 6.51. The molecule has 1 amide bonds. The lowest BCUT2D eigenvalue weighted by Gasteiger charge is -2.24. The minimum atomic E-state index is -0.752. The molecule has 0 spiro atoms. The Morgan fingerprint density at radius 3 is 2.25 bits per heavy atom. The predicted octanol–water partition coefficient (Wildman–Crippen LogP) is 4.02. The molecule has 0 saturated carbocycles. The number of aliphatic hydroxyl groups is 1. The molecule has 28 heavy (non-hydrogen) atoms. The molecule has 1 atom stereocenters. The monoisotopic (exact) mass is 370 g/mol. The lowest BCUT2D eigenvalue weighted by atomic mass is 9.95. The van der Waals surface area contributed by atoms with Gasteiger partial charge in [0.25, 0.3) is 5.78 Å². The van der Waals surface area contributed by atoms with E-state index in [4.69, 9.17) is 0 Å². The molecule has 2 aromatic carbocycles. The van der Waals surface area contributed by atoms with Crippen molar-refractivity contribution in [2.45, 2.75) is 13.0 Å². The summed E-state index contributed by atoms with van der Waals surface area (Å²) in [6.45, 7) is 1.94. The molecule has 1 aromatic heterocycles. The second-order valence-electron chi connectivity index (χ2n) is 6.63. The number of nitrogens with zero attached hydrogens (tertiary/aromatic N) is 2. The number of ketones is 1. The third kappa shape index (κ3) is 2.97. The van der Waals surface area contributed by atoms with E-state index in [-0.39, 0.29) is 11.3 Å². The topological polar surface area (TPSA) is 70.5 Å². The quantitative estimate of drug-likeness (QED) is 0.429. The molecule has 1 aliphatic heterocycles. The van der Waals surface area contributed by atoms with Crippen molar-refractivity contribution in [1.29, 1.82) is 0 Å². The summed E-state index contributed by atoms with van der Waals surface area (Å²) in [5, 5.41) is 11.0. The largest absolute Gasteiger partial charge is 0.507 e. The summed E-state index contributed by atoms with van der Waals surface area (Å²) in [6.07, 6.45) is 1.57. The maximum Gasteiger partial charge on any atom is 0.301 e. The average Bonchev–Trinajstić information content (AvgIpc) is 3.00. The summed E-state index contributed by atoms with van der Waals surface area (Å²) in [7, 11) is 0. The fourth-order valence-electron chi connectivity index (χ4n) is 3.38. The predicted molar refractivity (Wildman–Crippen MR) is 107 cm³/mol. The van der Waals surface area contributed by atoms with Crippen LogP contribution in [0.1, 0.15) is 22.7 Å². The molecule has 1 fully saturated rings. The van der Waals surface area contributed by atoms with E-state index in [1.54, 1.807) is 36.5 Å². The molecule has 0 bridgehead atoms. The number of rotatable bonds is 3. The first-order valence-electron chi connectivity index (χ1n) is 8.92. The molecule has 1 N–H and O–H groups in total. The van der Waals surface area contributed by atoms with Crippen LogP contribution >= 0.6 is 0 Å². The van der Waals surface area contributed by atoms with E-state index in [1.807, 2.05) is 49.4 Å². The van der Waals surface area contributed by atoms with Crippen molar-refractivity contribution >= 4 is 23.3 Å². The highest BCUT2D eigenvalue weighted by Gasteiger charge is 2.47. The first-order valence-corrected chi connectivity index (χ1v) is 8.92. The van der Waals surface area contributed by atoms with E-state index in [9.17, 15) is 14.7 Å². The minimum absolute atomic E-state index is 0.0608. The van der Waals surface area contributed by atoms with Crippen LogP contribution in [0.15, 0.2) is 84.6 Å². The number of carbonyl (C=O) groups is 2. The molecular weight excluding hydrogens is 352 g/mol. The van der Waals surface area contributed by atoms with E-state index in [0.29, 0.717) is 11.4 Å². The van der Waals surface area contributed by atoms with E-state index in [1.165, 1.54) is 4.90 Å². The smallest absolute Gasteiger partial charge is 0.301 e. The van der Waals surface area contributed by atoms with Gasteiger partial charge < -0.3 is 5.11 Å². The van der Waals surface area contributed by atoms with Crippen LogP contribution in [0.4, 0.5) is 5.82 Å². The van der Waals surface area contributed by atoms with E-state index in [2.05, 4.69) is 4.98 Å². The number of hydrogen-bond acceptors (Lipinski definition) is 4. The summed E-state index contributed by atoms with van der Waals surface area (Å²) in [5.41, 5.74) is 2.31. The van der Waals surface area contributed by atoms with Crippen LogP contribution in [0.5, 0.6) is 0 Å². The first-order chi connectivity index (χ1) is 13.6. The highest BCUT2D eigenvalue weighted by Crippen LogP contribution is 2.41. The van der Waals surface area contributed by atoms with Crippen LogP contribution in [-0.4, -0.2) is 21.8 Å². The number of anilines is 1. The molecule has 1 saturated heterocycles. The zero-order valence-corrected chi connectivity index (χ0v) is 15.2. The molecule has 5 nitrogen and oxygen atoms in total. The van der Waals surface area contributed by atoms with Crippen molar-refractivity contribution in [1.82, 2.24) is 4.98 Å². The average molecular weight is 370 g/mol. The van der Waals surface area contributed by atoms with Gasteiger partial charge in [0.05, 0.1) is 11.6 Å². The molecule has 2 heterocycles. The molecule has 5 heteroatoms. The van der Waals surface area contributed by atoms with Crippen molar-refractivity contribution in [2.24, 2.45) is 0 Å². The molecule has 0 unspecified atom stereocenters. The van der Waals surface area contributed by atoms with Gasteiger partial charge in [-0.1, -0.05) is 66.2 Å². The minimum Gasteiger partial charge on any atom is -0.507 e. The highest BCUT2D eigenvalue weighted by atomic mass is 16.3. The van der Waals surface area contributed by atoms with E-state index in [0.717, 1.165) is 11.1 Å². The number of aromatic nitrogens is 1. The number of hydrogen-bond donors (Lipinski definition) is 1. The third-order valence-corrected chi connectivity index (χ3v) is 4.78. The van der Waals surface area contributed by atoms with Gasteiger partial charge in [-0.05, 0) is 24.6 Å². The SMILES string of the molecule is Cc1ccc(C(O)=C2C(=O)C(=O)N(c3ccccn3)[C@@H]2c2ccccc2)cc1. The van der Waals surface area contributed by atoms with Gasteiger partial charge >= 0.3 is 5.91 Å². The molecule has 4 rings (SSSR count). The van der Waals surface area contributed by atoms with Gasteiger partial charge in [0, 0.05) is 11.8 Å². The van der Waals surface area contributed by atoms with Crippen molar-refractivity contribution in [3.05, 3.63) is 101 Å². The number of carbonyl (C=O) groups excluding carboxylic acids is 2. The Kier molecular flexibility index (Phi) is 4.49. The maximum absolute atomic E-state index is 12.9. The van der Waals surface area contributed by atoms with Gasteiger partial charge in [-0.3, -0.25) is 14.5 Å². The van der Waals surface area contributed by atoms with Crippen LogP contribution in [-0.2, 0) is 9.59 Å². The van der Waals surface area contributed by atoms with Crippen molar-refractivity contribution < 1.29 is 14.7 Å². The van der Waals surface area contributed by atoms with Gasteiger partial charge in [-0.2, -0.15) is 0 Å². The van der Waals surface area contributed by atoms with E-state index < -0.39 is 17.7 Å². The van der Waals surface area contributed by atoms with E-state index >= 15 is 0 Å². The molecule has 0 radical (unpaired) electrons. The standard InChI is InChI=1S/C23H18N2O3/c1-15-10-12-17(13-11-15)21(26)19-20(16-7-3-2-4-8-16)25(23(28)22(19)27)18-9-5-6-14-24-18/h2-14,20,26H,1H3/t20-/m1/s1. The number of benzene rings is 2. The second-order valence-corrected chi connectivity index (χ2v) is 6.63. The number of amides is 1. The van der Waals surface area contributed by atoms with Crippen molar-refractivity contribution in [3.63, 3.8) is 0 Å². The van der Waals surface area contributed by atoms with Crippen molar-refractivity contribution in [3.8, 4) is 0 Å². The van der Waals surface area contributed by atoms with Crippen LogP contribution in [0.25, 0.3) is 5.76 Å². The molecule has 138 valence electrons. The van der Waals surface area contributed by atoms with Gasteiger partial charge in [0.2, 0.25) is 0 Å². The molecule has 3 aromatic rings. The maximum atomic E-state index is 12.9. The van der Waals surface area contributed by atoms with Crippen LogP contribution in [0.3, 0.4) is 0 Å². The summed E-state index contributed by atoms with van der Waals surface area (Å²) < 4.78 is 0. The summed E-state index contributed by atoms with van der Waals surface area (Å²) >= 11 is 0. The number of pyridine rings is 1. The molecule has 0 aliphatic carbocycles. The molecule has 1 aliphatic rings. The van der Waals surface area contributed by atoms with Crippen LogP contribution < -0.4 is 4.90 Å². The first kappa shape index (κ1) is 17.7. The normalized spacial score (nSPS) is 18.5. The van der Waals surface area contributed by atoms with Gasteiger partial charge in [-0.15, -0.1) is 0 Å². The van der Waals surface area contributed by atoms with Gasteiger partial charge in [0.15, 0.2) is 0 Å². The number of aryl methyl sites for hydroxylation is 1. The van der Waals surface area contributed by atoms with Crippen molar-refractivity contribution in [2.75, 3.05) is 4.90 Å². The zero-order chi connectivity index (χ0) is 19.7. The Balaban J connectivity index is 1.94. The third-order valence-electron chi connectivity index (χ3n) is 4.78. The summed E-state index contributed by atoms with van der Waals surface area (Å²) in [6, 6.07) is 20.8. The Labute approximate surface area is 162 Å². The fraction of sp³-hybridized carbons (Fsp3) is 0.0870. The summed E-state index contributed by atoms with van der Waals surface area (Å²) in [4.78, 5) is 31.4. The zero-order valence-electron chi connectivity index (χ0n) is 15.2.